The van der Waals surface area contributed by atoms with Gasteiger partial charge in [0.05, 0.1) is 25.3 Å². The lowest BCUT2D eigenvalue weighted by Gasteiger charge is -2.33. The van der Waals surface area contributed by atoms with Crippen LogP contribution >= 0.6 is 0 Å². The number of ether oxygens (including phenoxy) is 2. The number of unbranched alkanes of at least 4 members (excludes halogenated alkanes) is 8. The van der Waals surface area contributed by atoms with Gasteiger partial charge in [-0.25, -0.2) is 9.59 Å². The molecule has 0 heterocycles. The molecule has 0 spiro atoms. The van der Waals surface area contributed by atoms with Crippen molar-refractivity contribution in [3.05, 3.63) is 79.9 Å². The van der Waals surface area contributed by atoms with Crippen molar-refractivity contribution in [3.63, 3.8) is 0 Å². The molecule has 250 valence electrons. The molecule has 0 bridgehead atoms. The number of rotatable bonds is 18. The summed E-state index contributed by atoms with van der Waals surface area (Å²) in [5, 5.41) is 2.81. The third-order valence-electron chi connectivity index (χ3n) is 10.2. The lowest BCUT2D eigenvalue weighted by Crippen LogP contribution is -2.25. The van der Waals surface area contributed by atoms with Crippen molar-refractivity contribution < 1.29 is 19.1 Å². The van der Waals surface area contributed by atoms with Crippen molar-refractivity contribution in [2.45, 2.75) is 143 Å². The van der Waals surface area contributed by atoms with E-state index < -0.39 is 11.9 Å². The Morgan fingerprint density at radius 3 is 1.11 bits per heavy atom. The molecule has 0 N–H and O–H groups in total. The molecule has 3 aromatic carbocycles. The monoisotopic (exact) mass is 626 g/mol. The molecule has 0 radical (unpaired) electrons. The van der Waals surface area contributed by atoms with Gasteiger partial charge in [-0.05, 0) is 119 Å². The minimum Gasteiger partial charge on any atom is -0.465 e. The molecule has 0 amide bonds. The largest absolute Gasteiger partial charge is 0.465 e. The van der Waals surface area contributed by atoms with E-state index in [1.54, 1.807) is 0 Å². The number of carbonyl (C=O) groups is 2. The second-order valence-corrected chi connectivity index (χ2v) is 13.3. The summed E-state index contributed by atoms with van der Waals surface area (Å²) in [7, 11) is 2.87. The number of methoxy groups -OCH3 is 2. The minimum atomic E-state index is -0.417. The first-order chi connectivity index (χ1) is 22.5. The van der Waals surface area contributed by atoms with Crippen molar-refractivity contribution in [1.82, 2.24) is 0 Å². The maximum atomic E-state index is 13.7. The van der Waals surface area contributed by atoms with Crippen molar-refractivity contribution in [3.8, 4) is 0 Å². The van der Waals surface area contributed by atoms with Crippen LogP contribution in [0.1, 0.15) is 170 Å². The van der Waals surface area contributed by atoms with Gasteiger partial charge in [0.25, 0.3) is 0 Å². The van der Waals surface area contributed by atoms with Crippen LogP contribution in [0.3, 0.4) is 0 Å². The van der Waals surface area contributed by atoms with Crippen molar-refractivity contribution in [1.29, 1.82) is 0 Å². The molecular formula is C42H58O4. The van der Waals surface area contributed by atoms with Gasteiger partial charge >= 0.3 is 11.9 Å². The van der Waals surface area contributed by atoms with Gasteiger partial charge in [-0.3, -0.25) is 0 Å². The van der Waals surface area contributed by atoms with Gasteiger partial charge in [0.1, 0.15) is 0 Å². The van der Waals surface area contributed by atoms with Gasteiger partial charge in [-0.1, -0.05) is 103 Å². The zero-order chi connectivity index (χ0) is 33.1. The maximum Gasteiger partial charge on any atom is 0.339 e. The predicted molar refractivity (Wildman–Crippen MR) is 192 cm³/mol. The average molecular weight is 627 g/mol. The van der Waals surface area contributed by atoms with E-state index in [1.165, 1.54) is 96.9 Å². The van der Waals surface area contributed by atoms with Crippen LogP contribution in [0, 0.1) is 0 Å². The highest BCUT2D eigenvalue weighted by atomic mass is 16.5. The van der Waals surface area contributed by atoms with Crippen LogP contribution in [0.15, 0.2) is 24.3 Å². The minimum absolute atomic E-state index is 0.417. The highest BCUT2D eigenvalue weighted by Gasteiger charge is 2.35. The summed E-state index contributed by atoms with van der Waals surface area (Å²) in [5.41, 5.74) is 11.4. The highest BCUT2D eigenvalue weighted by Crippen LogP contribution is 2.44. The Morgan fingerprint density at radius 2 is 0.804 bits per heavy atom. The molecule has 0 unspecified atom stereocenters. The molecule has 0 fully saturated rings. The summed E-state index contributed by atoms with van der Waals surface area (Å²) in [6.45, 7) is 8.96. The third kappa shape index (κ3) is 7.69. The quantitative estimate of drug-likeness (QED) is 0.0814. The van der Waals surface area contributed by atoms with Crippen molar-refractivity contribution in [2.24, 2.45) is 0 Å². The van der Waals surface area contributed by atoms with Crippen molar-refractivity contribution in [2.75, 3.05) is 14.2 Å². The molecule has 0 aromatic heterocycles. The molecule has 4 heteroatoms. The van der Waals surface area contributed by atoms with Gasteiger partial charge in [0, 0.05) is 0 Å². The van der Waals surface area contributed by atoms with Crippen LogP contribution in [0.4, 0.5) is 0 Å². The van der Waals surface area contributed by atoms with E-state index in [2.05, 4.69) is 52.0 Å². The summed E-state index contributed by atoms with van der Waals surface area (Å²) in [5.74, 6) is -0.835. The fraction of sp³-hybridized carbons (Fsp3) is 0.571. The van der Waals surface area contributed by atoms with Crippen LogP contribution in [0.2, 0.25) is 0 Å². The Balaban J connectivity index is 2.08. The Labute approximate surface area is 278 Å². The first-order valence-corrected chi connectivity index (χ1v) is 18.4. The smallest absolute Gasteiger partial charge is 0.339 e. The van der Waals surface area contributed by atoms with Crippen LogP contribution in [-0.2, 0) is 48.0 Å². The summed E-state index contributed by atoms with van der Waals surface area (Å²) in [6.07, 6.45) is 18.7. The van der Waals surface area contributed by atoms with Crippen LogP contribution in [0.25, 0.3) is 10.8 Å². The Morgan fingerprint density at radius 1 is 0.500 bits per heavy atom. The first-order valence-electron chi connectivity index (χ1n) is 18.4. The molecule has 0 saturated carbocycles. The van der Waals surface area contributed by atoms with Gasteiger partial charge in [0.15, 0.2) is 0 Å². The van der Waals surface area contributed by atoms with Gasteiger partial charge in [-0.15, -0.1) is 0 Å². The molecule has 1 aliphatic rings. The summed E-state index contributed by atoms with van der Waals surface area (Å²) >= 11 is 0. The average Bonchev–Trinajstić information content (AvgIpc) is 3.08. The third-order valence-corrected chi connectivity index (χ3v) is 10.2. The second-order valence-electron chi connectivity index (χ2n) is 13.3. The standard InChI is InChI=1S/C42H58O4/c1-7-11-15-21-31-29-23-19-20-24-30(29)32(22-16-12-8-2)36-28-38-34(26-18-14-10-4)40(42(44)46-6)39(41(43)45-5)33(25-17-13-9-3)37(38)27-35(31)36/h19-20,23-24H,7-18,21-22,25-28H2,1-6H3. The number of carbonyl (C=O) groups excluding carboxylic acids is 2. The lowest BCUT2D eigenvalue weighted by molar-refractivity contribution is 0.0552. The Kier molecular flexibility index (Phi) is 13.7. The van der Waals surface area contributed by atoms with Gasteiger partial charge in [-0.2, -0.15) is 0 Å². The van der Waals surface area contributed by atoms with Gasteiger partial charge in [0.2, 0.25) is 0 Å². The SMILES string of the molecule is CCCCCc1c2c(c(CCCCC)c(C(=O)OC)c1C(=O)OC)Cc1c(c(CCCCC)c3ccccc3c1CCCCC)C2. The number of esters is 2. The van der Waals surface area contributed by atoms with Crippen LogP contribution in [-0.4, -0.2) is 26.2 Å². The number of fused-ring (bicyclic) bond motifs is 3. The molecule has 1 aliphatic carbocycles. The van der Waals surface area contributed by atoms with E-state index >= 15 is 0 Å². The number of aryl methyl sites for hydroxylation is 2. The van der Waals surface area contributed by atoms with E-state index in [0.717, 1.165) is 88.2 Å². The fourth-order valence-corrected chi connectivity index (χ4v) is 7.86. The van der Waals surface area contributed by atoms with E-state index in [0.29, 0.717) is 11.1 Å². The van der Waals surface area contributed by atoms with E-state index in [4.69, 9.17) is 9.47 Å². The zero-order valence-corrected chi connectivity index (χ0v) is 29.7. The normalized spacial score (nSPS) is 12.2. The molecule has 46 heavy (non-hydrogen) atoms. The number of hydrogen-bond donors (Lipinski definition) is 0. The Bertz CT molecular complexity index is 1390. The summed E-state index contributed by atoms with van der Waals surface area (Å²) < 4.78 is 10.9. The van der Waals surface area contributed by atoms with E-state index in [-0.39, 0.29) is 0 Å². The van der Waals surface area contributed by atoms with E-state index in [1.807, 2.05) is 0 Å². The number of hydrogen-bond acceptors (Lipinski definition) is 4. The first kappa shape index (κ1) is 35.7. The Hall–Kier alpha value is -3.14. The molecule has 4 nitrogen and oxygen atoms in total. The number of benzene rings is 3. The summed E-state index contributed by atoms with van der Waals surface area (Å²) in [4.78, 5) is 27.4. The molecule has 0 aliphatic heterocycles. The molecular weight excluding hydrogens is 568 g/mol. The molecule has 0 atom stereocenters. The zero-order valence-electron chi connectivity index (χ0n) is 29.7. The molecule has 4 rings (SSSR count). The maximum absolute atomic E-state index is 13.7. The van der Waals surface area contributed by atoms with E-state index in [9.17, 15) is 9.59 Å². The molecule has 3 aromatic rings. The predicted octanol–water partition coefficient (Wildman–Crippen LogP) is 10.8. The topological polar surface area (TPSA) is 52.6 Å². The highest BCUT2D eigenvalue weighted by molar-refractivity contribution is 6.06. The van der Waals surface area contributed by atoms with Crippen LogP contribution in [0.5, 0.6) is 0 Å². The van der Waals surface area contributed by atoms with Crippen molar-refractivity contribution >= 4 is 22.7 Å². The lowest BCUT2D eigenvalue weighted by atomic mass is 9.71. The second kappa shape index (κ2) is 17.7. The fourth-order valence-electron chi connectivity index (χ4n) is 7.86. The summed E-state index contributed by atoms with van der Waals surface area (Å²) in [6, 6.07) is 9.08. The van der Waals surface area contributed by atoms with Crippen LogP contribution < -0.4 is 0 Å². The van der Waals surface area contributed by atoms with Gasteiger partial charge < -0.3 is 9.47 Å². The molecule has 0 saturated heterocycles.